The number of aliphatic hydroxyl groups excluding tert-OH is 1. The van der Waals surface area contributed by atoms with Crippen LogP contribution >= 0.6 is 0 Å². The zero-order chi connectivity index (χ0) is 15.0. The van der Waals surface area contributed by atoms with Crippen molar-refractivity contribution in [3.8, 4) is 0 Å². The van der Waals surface area contributed by atoms with Crippen LogP contribution in [0.5, 0.6) is 0 Å². The number of carbonyl (C=O) groups excluding carboxylic acids is 1. The predicted octanol–water partition coefficient (Wildman–Crippen LogP) is 0.637. The summed E-state index contributed by atoms with van der Waals surface area (Å²) in [6.07, 6.45) is 0.316. The highest BCUT2D eigenvalue weighted by Gasteiger charge is 2.13. The van der Waals surface area contributed by atoms with Crippen LogP contribution in [0, 0.1) is 0 Å². The minimum Gasteiger partial charge on any atom is -0.387 e. The molecule has 0 aromatic heterocycles. The molecule has 0 bridgehead atoms. The third-order valence-corrected chi connectivity index (χ3v) is 3.07. The van der Waals surface area contributed by atoms with Gasteiger partial charge in [-0.25, -0.2) is 0 Å². The normalized spacial score (nSPS) is 12.4. The van der Waals surface area contributed by atoms with E-state index in [1.54, 1.807) is 0 Å². The molecule has 0 radical (unpaired) electrons. The number of benzene rings is 1. The SMILES string of the molecule is CCCNC(=O)CN(C)CC(O)c1ccc(CN)cc1. The van der Waals surface area contributed by atoms with E-state index in [0.29, 0.717) is 19.6 Å². The van der Waals surface area contributed by atoms with Gasteiger partial charge in [-0.2, -0.15) is 0 Å². The quantitative estimate of drug-likeness (QED) is 0.652. The topological polar surface area (TPSA) is 78.6 Å². The molecule has 0 aliphatic rings. The van der Waals surface area contributed by atoms with E-state index in [1.807, 2.05) is 43.1 Å². The molecule has 0 saturated heterocycles. The summed E-state index contributed by atoms with van der Waals surface area (Å²) in [4.78, 5) is 13.4. The fourth-order valence-corrected chi connectivity index (χ4v) is 1.91. The van der Waals surface area contributed by atoms with Gasteiger partial charge in [0.05, 0.1) is 12.6 Å². The number of hydrogen-bond acceptors (Lipinski definition) is 4. The Hall–Kier alpha value is -1.43. The monoisotopic (exact) mass is 279 g/mol. The first kappa shape index (κ1) is 16.6. The van der Waals surface area contributed by atoms with Gasteiger partial charge < -0.3 is 16.2 Å². The number of nitrogens with zero attached hydrogens (tertiary/aromatic N) is 1. The van der Waals surface area contributed by atoms with Crippen molar-refractivity contribution < 1.29 is 9.90 Å². The van der Waals surface area contributed by atoms with E-state index in [1.165, 1.54) is 0 Å². The van der Waals surface area contributed by atoms with Crippen LogP contribution in [-0.2, 0) is 11.3 Å². The summed E-state index contributed by atoms with van der Waals surface area (Å²) in [5, 5.41) is 13.0. The molecule has 1 amide bonds. The fourth-order valence-electron chi connectivity index (χ4n) is 1.91. The van der Waals surface area contributed by atoms with Crippen molar-refractivity contribution in [3.63, 3.8) is 0 Å². The first-order valence-electron chi connectivity index (χ1n) is 6.99. The lowest BCUT2D eigenvalue weighted by atomic mass is 10.1. The highest BCUT2D eigenvalue weighted by molar-refractivity contribution is 5.77. The summed E-state index contributed by atoms with van der Waals surface area (Å²) in [6, 6.07) is 7.56. The van der Waals surface area contributed by atoms with E-state index in [0.717, 1.165) is 17.5 Å². The molecular formula is C15H25N3O2. The standard InChI is InChI=1S/C15H25N3O2/c1-3-8-17-15(20)11-18(2)10-14(19)13-6-4-12(9-16)5-7-13/h4-7,14,19H,3,8-11,16H2,1-2H3,(H,17,20). The van der Waals surface area contributed by atoms with Crippen LogP contribution in [0.3, 0.4) is 0 Å². The smallest absolute Gasteiger partial charge is 0.234 e. The molecule has 1 rings (SSSR count). The number of nitrogens with one attached hydrogen (secondary N) is 1. The first-order chi connectivity index (χ1) is 9.56. The average Bonchev–Trinajstić information content (AvgIpc) is 2.45. The maximum Gasteiger partial charge on any atom is 0.234 e. The zero-order valence-corrected chi connectivity index (χ0v) is 12.3. The van der Waals surface area contributed by atoms with Gasteiger partial charge in [-0.3, -0.25) is 9.69 Å². The van der Waals surface area contributed by atoms with E-state index < -0.39 is 6.10 Å². The Balaban J connectivity index is 2.43. The summed E-state index contributed by atoms with van der Waals surface area (Å²) in [5.41, 5.74) is 7.41. The summed E-state index contributed by atoms with van der Waals surface area (Å²) in [7, 11) is 1.82. The van der Waals surface area contributed by atoms with Crippen LogP contribution in [0.15, 0.2) is 24.3 Å². The zero-order valence-electron chi connectivity index (χ0n) is 12.3. The Morgan fingerprint density at radius 2 is 2.05 bits per heavy atom. The molecular weight excluding hydrogens is 254 g/mol. The lowest BCUT2D eigenvalue weighted by Crippen LogP contribution is -2.37. The predicted molar refractivity (Wildman–Crippen MR) is 80.1 cm³/mol. The van der Waals surface area contributed by atoms with Gasteiger partial charge in [-0.05, 0) is 24.6 Å². The van der Waals surface area contributed by atoms with Gasteiger partial charge in [0.1, 0.15) is 0 Å². The molecule has 1 aromatic rings. The van der Waals surface area contributed by atoms with Gasteiger partial charge >= 0.3 is 0 Å². The van der Waals surface area contributed by atoms with Crippen molar-refractivity contribution in [1.29, 1.82) is 0 Å². The Kier molecular flexibility index (Phi) is 7.22. The molecule has 5 heteroatoms. The molecule has 1 atom stereocenters. The van der Waals surface area contributed by atoms with Crippen LogP contribution in [0.1, 0.15) is 30.6 Å². The molecule has 4 N–H and O–H groups in total. The largest absolute Gasteiger partial charge is 0.387 e. The fraction of sp³-hybridized carbons (Fsp3) is 0.533. The van der Waals surface area contributed by atoms with Gasteiger partial charge in [-0.1, -0.05) is 31.2 Å². The molecule has 1 aromatic carbocycles. The van der Waals surface area contributed by atoms with E-state index in [9.17, 15) is 9.90 Å². The number of aliphatic hydroxyl groups is 1. The number of nitrogens with two attached hydrogens (primary N) is 1. The molecule has 0 aliphatic carbocycles. The van der Waals surface area contributed by atoms with Crippen molar-refractivity contribution >= 4 is 5.91 Å². The third kappa shape index (κ3) is 5.69. The van der Waals surface area contributed by atoms with Crippen molar-refractivity contribution in [2.24, 2.45) is 5.73 Å². The van der Waals surface area contributed by atoms with Crippen LogP contribution in [0.4, 0.5) is 0 Å². The van der Waals surface area contributed by atoms with E-state index in [2.05, 4.69) is 5.32 Å². The number of amides is 1. The minimum absolute atomic E-state index is 0.0139. The van der Waals surface area contributed by atoms with Crippen molar-refractivity contribution in [2.45, 2.75) is 26.0 Å². The molecule has 0 heterocycles. The Morgan fingerprint density at radius 1 is 1.40 bits per heavy atom. The molecule has 0 saturated carbocycles. The molecule has 112 valence electrons. The Bertz CT molecular complexity index is 406. The molecule has 1 unspecified atom stereocenters. The summed E-state index contributed by atoms with van der Waals surface area (Å²) in [6.45, 7) is 3.90. The van der Waals surface area contributed by atoms with E-state index in [4.69, 9.17) is 5.73 Å². The second kappa shape index (κ2) is 8.68. The molecule has 20 heavy (non-hydrogen) atoms. The number of rotatable bonds is 8. The van der Waals surface area contributed by atoms with Crippen LogP contribution < -0.4 is 11.1 Å². The second-order valence-electron chi connectivity index (χ2n) is 5.01. The number of hydrogen-bond donors (Lipinski definition) is 3. The molecule has 0 fully saturated rings. The van der Waals surface area contributed by atoms with Crippen LogP contribution in [0.2, 0.25) is 0 Å². The Labute approximate surface area is 120 Å². The van der Waals surface area contributed by atoms with Crippen molar-refractivity contribution in [1.82, 2.24) is 10.2 Å². The Morgan fingerprint density at radius 3 is 2.60 bits per heavy atom. The van der Waals surface area contributed by atoms with Crippen LogP contribution in [0.25, 0.3) is 0 Å². The van der Waals surface area contributed by atoms with Gasteiger partial charge in [0.2, 0.25) is 5.91 Å². The molecule has 0 aliphatic heterocycles. The van der Waals surface area contributed by atoms with Crippen LogP contribution in [-0.4, -0.2) is 42.6 Å². The average molecular weight is 279 g/mol. The number of carbonyl (C=O) groups is 1. The summed E-state index contributed by atoms with van der Waals surface area (Å²) >= 11 is 0. The molecule has 0 spiro atoms. The van der Waals surface area contributed by atoms with Crippen molar-refractivity contribution in [3.05, 3.63) is 35.4 Å². The maximum atomic E-state index is 11.6. The van der Waals surface area contributed by atoms with Gasteiger partial charge in [0.15, 0.2) is 0 Å². The van der Waals surface area contributed by atoms with Crippen molar-refractivity contribution in [2.75, 3.05) is 26.7 Å². The third-order valence-electron chi connectivity index (χ3n) is 3.07. The van der Waals surface area contributed by atoms with E-state index in [-0.39, 0.29) is 12.5 Å². The summed E-state index contributed by atoms with van der Waals surface area (Å²) in [5.74, 6) is -0.0139. The lowest BCUT2D eigenvalue weighted by molar-refractivity contribution is -0.122. The highest BCUT2D eigenvalue weighted by atomic mass is 16.3. The van der Waals surface area contributed by atoms with Gasteiger partial charge in [0.25, 0.3) is 0 Å². The lowest BCUT2D eigenvalue weighted by Gasteiger charge is -2.20. The van der Waals surface area contributed by atoms with E-state index >= 15 is 0 Å². The van der Waals surface area contributed by atoms with Gasteiger partial charge in [0, 0.05) is 19.6 Å². The summed E-state index contributed by atoms with van der Waals surface area (Å²) < 4.78 is 0. The first-order valence-corrected chi connectivity index (χ1v) is 6.99. The second-order valence-corrected chi connectivity index (χ2v) is 5.01. The van der Waals surface area contributed by atoms with Gasteiger partial charge in [-0.15, -0.1) is 0 Å². The molecule has 5 nitrogen and oxygen atoms in total. The number of likely N-dealkylation sites (N-methyl/N-ethyl adjacent to an activating group) is 1. The minimum atomic E-state index is -0.606. The highest BCUT2D eigenvalue weighted by Crippen LogP contribution is 2.14. The maximum absolute atomic E-state index is 11.6.